The van der Waals surface area contributed by atoms with Gasteiger partial charge in [0.2, 0.25) is 5.82 Å². The van der Waals surface area contributed by atoms with E-state index in [1.165, 1.54) is 17.8 Å². The molecule has 27 heavy (non-hydrogen) atoms. The highest BCUT2D eigenvalue weighted by Gasteiger charge is 2.41. The van der Waals surface area contributed by atoms with E-state index in [2.05, 4.69) is 15.4 Å². The Morgan fingerprint density at radius 2 is 1.89 bits per heavy atom. The van der Waals surface area contributed by atoms with Gasteiger partial charge in [0.15, 0.2) is 5.82 Å². The van der Waals surface area contributed by atoms with Gasteiger partial charge in [-0.2, -0.15) is 18.3 Å². The molecule has 1 saturated carbocycles. The monoisotopic (exact) mass is 384 g/mol. The molecule has 1 aliphatic rings. The molecule has 5 nitrogen and oxygen atoms in total. The van der Waals surface area contributed by atoms with Gasteiger partial charge >= 0.3 is 6.18 Å². The lowest BCUT2D eigenvalue weighted by Crippen LogP contribution is -2.40. The summed E-state index contributed by atoms with van der Waals surface area (Å²) < 4.78 is 53.2. The number of hydrogen-bond donors (Lipinski definition) is 1. The summed E-state index contributed by atoms with van der Waals surface area (Å²) in [7, 11) is 1.54. The van der Waals surface area contributed by atoms with Crippen LogP contribution < -0.4 is 5.32 Å². The van der Waals surface area contributed by atoms with Crippen molar-refractivity contribution >= 4 is 5.91 Å². The number of rotatable bonds is 3. The maximum absolute atomic E-state index is 13.7. The SMILES string of the molecule is Cc1ccc(-c2nc(C(=O)NC3CCC(C(F)(F)F)CC3)n(C)n2)cc1F. The van der Waals surface area contributed by atoms with E-state index in [0.717, 1.165) is 0 Å². The summed E-state index contributed by atoms with van der Waals surface area (Å²) >= 11 is 0. The van der Waals surface area contributed by atoms with Crippen molar-refractivity contribution in [2.45, 2.75) is 44.8 Å². The molecule has 0 spiro atoms. The summed E-state index contributed by atoms with van der Waals surface area (Å²) in [6.45, 7) is 1.64. The number of nitrogens with one attached hydrogen (secondary N) is 1. The van der Waals surface area contributed by atoms with Gasteiger partial charge in [-0.3, -0.25) is 4.79 Å². The van der Waals surface area contributed by atoms with E-state index in [0.29, 0.717) is 11.1 Å². The Morgan fingerprint density at radius 1 is 1.22 bits per heavy atom. The Balaban J connectivity index is 1.67. The molecule has 0 atom stereocenters. The largest absolute Gasteiger partial charge is 0.391 e. The quantitative estimate of drug-likeness (QED) is 0.820. The molecule has 1 N–H and O–H groups in total. The van der Waals surface area contributed by atoms with Gasteiger partial charge < -0.3 is 5.32 Å². The van der Waals surface area contributed by atoms with Crippen LogP contribution in [0.1, 0.15) is 41.9 Å². The minimum atomic E-state index is -4.18. The van der Waals surface area contributed by atoms with E-state index in [-0.39, 0.29) is 43.4 Å². The van der Waals surface area contributed by atoms with Crippen LogP contribution in [0.25, 0.3) is 11.4 Å². The minimum Gasteiger partial charge on any atom is -0.347 e. The molecule has 0 saturated heterocycles. The molecule has 0 radical (unpaired) electrons. The molecule has 0 unspecified atom stereocenters. The molecule has 9 heteroatoms. The number of aromatic nitrogens is 3. The molecule has 1 amide bonds. The molecule has 3 rings (SSSR count). The normalized spacial score (nSPS) is 20.5. The van der Waals surface area contributed by atoms with Gasteiger partial charge in [0, 0.05) is 18.7 Å². The fourth-order valence-corrected chi connectivity index (χ4v) is 3.25. The average Bonchev–Trinajstić information content (AvgIpc) is 2.99. The topological polar surface area (TPSA) is 59.8 Å². The van der Waals surface area contributed by atoms with E-state index < -0.39 is 23.8 Å². The molecule has 1 aromatic carbocycles. The number of amides is 1. The van der Waals surface area contributed by atoms with Crippen LogP contribution in [0.4, 0.5) is 17.6 Å². The Morgan fingerprint density at radius 3 is 2.48 bits per heavy atom. The molecule has 0 aliphatic heterocycles. The highest BCUT2D eigenvalue weighted by atomic mass is 19.4. The summed E-state index contributed by atoms with van der Waals surface area (Å²) in [4.78, 5) is 16.6. The van der Waals surface area contributed by atoms with Gasteiger partial charge in [0.05, 0.1) is 5.92 Å². The second-order valence-corrected chi connectivity index (χ2v) is 6.91. The van der Waals surface area contributed by atoms with Crippen LogP contribution in [-0.2, 0) is 7.05 Å². The Kier molecular flexibility index (Phi) is 5.21. The number of nitrogens with zero attached hydrogens (tertiary/aromatic N) is 3. The number of halogens is 4. The maximum atomic E-state index is 13.7. The van der Waals surface area contributed by atoms with E-state index >= 15 is 0 Å². The van der Waals surface area contributed by atoms with Crippen LogP contribution in [-0.4, -0.2) is 32.9 Å². The number of aryl methyl sites for hydroxylation is 2. The third kappa shape index (κ3) is 4.28. The predicted molar refractivity (Wildman–Crippen MR) is 90.4 cm³/mol. The lowest BCUT2D eigenvalue weighted by molar-refractivity contribution is -0.182. The zero-order chi connectivity index (χ0) is 19.8. The molecule has 146 valence electrons. The van der Waals surface area contributed by atoms with Crippen molar-refractivity contribution < 1.29 is 22.4 Å². The Bertz CT molecular complexity index is 838. The van der Waals surface area contributed by atoms with Gasteiger partial charge in [-0.25, -0.2) is 14.1 Å². The lowest BCUT2D eigenvalue weighted by atomic mass is 9.85. The molecule has 1 heterocycles. The van der Waals surface area contributed by atoms with Crippen LogP contribution in [0.2, 0.25) is 0 Å². The second kappa shape index (κ2) is 7.28. The van der Waals surface area contributed by atoms with Crippen molar-refractivity contribution in [1.29, 1.82) is 0 Å². The first-order valence-corrected chi connectivity index (χ1v) is 8.70. The van der Waals surface area contributed by atoms with Crippen LogP contribution >= 0.6 is 0 Å². The Labute approximate surface area is 153 Å². The standard InChI is InChI=1S/C18H20F4N4O/c1-10-3-4-11(9-14(10)19)15-24-16(26(2)25-15)17(27)23-13-7-5-12(6-8-13)18(20,21)22/h3-4,9,12-13H,5-8H2,1-2H3,(H,23,27). The number of benzene rings is 1. The van der Waals surface area contributed by atoms with E-state index in [9.17, 15) is 22.4 Å². The van der Waals surface area contributed by atoms with Crippen molar-refractivity contribution in [3.05, 3.63) is 35.4 Å². The van der Waals surface area contributed by atoms with E-state index in [4.69, 9.17) is 0 Å². The van der Waals surface area contributed by atoms with Crippen molar-refractivity contribution in [1.82, 2.24) is 20.1 Å². The summed E-state index contributed by atoms with van der Waals surface area (Å²) in [5.74, 6) is -1.96. The van der Waals surface area contributed by atoms with Gasteiger partial charge in [0.25, 0.3) is 5.91 Å². The second-order valence-electron chi connectivity index (χ2n) is 6.91. The number of carbonyl (C=O) groups is 1. The van der Waals surface area contributed by atoms with E-state index in [1.807, 2.05) is 0 Å². The molecule has 1 aromatic heterocycles. The number of hydrogen-bond acceptors (Lipinski definition) is 3. The maximum Gasteiger partial charge on any atom is 0.391 e. The first-order chi connectivity index (χ1) is 12.6. The van der Waals surface area contributed by atoms with Crippen molar-refractivity contribution in [3.8, 4) is 11.4 Å². The summed E-state index contributed by atoms with van der Waals surface area (Å²) in [6.07, 6.45) is -3.65. The molecule has 0 bridgehead atoms. The van der Waals surface area contributed by atoms with Crippen LogP contribution in [0.15, 0.2) is 18.2 Å². The summed E-state index contributed by atoms with van der Waals surface area (Å²) in [6, 6.07) is 4.23. The van der Waals surface area contributed by atoms with Crippen LogP contribution in [0.3, 0.4) is 0 Å². The summed E-state index contributed by atoms with van der Waals surface area (Å²) in [5, 5.41) is 6.87. The van der Waals surface area contributed by atoms with Crippen LogP contribution in [0, 0.1) is 18.7 Å². The zero-order valence-electron chi connectivity index (χ0n) is 15.0. The molecule has 1 aliphatic carbocycles. The van der Waals surface area contributed by atoms with Gasteiger partial charge in [-0.1, -0.05) is 12.1 Å². The highest BCUT2D eigenvalue weighted by molar-refractivity contribution is 5.91. The third-order valence-electron chi connectivity index (χ3n) is 4.92. The predicted octanol–water partition coefficient (Wildman–Crippen LogP) is 3.78. The summed E-state index contributed by atoms with van der Waals surface area (Å²) in [5.41, 5.74) is 0.931. The highest BCUT2D eigenvalue weighted by Crippen LogP contribution is 2.37. The van der Waals surface area contributed by atoms with Crippen molar-refractivity contribution in [2.24, 2.45) is 13.0 Å². The average molecular weight is 384 g/mol. The Hall–Kier alpha value is -2.45. The first-order valence-electron chi connectivity index (χ1n) is 8.70. The minimum absolute atomic E-state index is 0.00115. The van der Waals surface area contributed by atoms with Gasteiger partial charge in [-0.05, 0) is 44.2 Å². The zero-order valence-corrected chi connectivity index (χ0v) is 15.0. The first kappa shape index (κ1) is 19.3. The number of alkyl halides is 3. The molecule has 2 aromatic rings. The van der Waals surface area contributed by atoms with Gasteiger partial charge in [0.1, 0.15) is 5.82 Å². The molecule has 1 fully saturated rings. The smallest absolute Gasteiger partial charge is 0.347 e. The van der Waals surface area contributed by atoms with Crippen molar-refractivity contribution in [2.75, 3.05) is 0 Å². The third-order valence-corrected chi connectivity index (χ3v) is 4.92. The fraction of sp³-hybridized carbons (Fsp3) is 0.500. The lowest BCUT2D eigenvalue weighted by Gasteiger charge is -2.30. The van der Waals surface area contributed by atoms with E-state index in [1.54, 1.807) is 19.1 Å². The van der Waals surface area contributed by atoms with Crippen molar-refractivity contribution in [3.63, 3.8) is 0 Å². The number of carbonyl (C=O) groups excluding carboxylic acids is 1. The molecular weight excluding hydrogens is 364 g/mol. The van der Waals surface area contributed by atoms with Crippen LogP contribution in [0.5, 0.6) is 0 Å². The fourth-order valence-electron chi connectivity index (χ4n) is 3.25. The molecular formula is C18H20F4N4O. The van der Waals surface area contributed by atoms with Gasteiger partial charge in [-0.15, -0.1) is 0 Å².